The number of allylic oxidation sites excluding steroid dienone is 1. The van der Waals surface area contributed by atoms with Crippen molar-refractivity contribution in [2.24, 2.45) is 5.73 Å². The van der Waals surface area contributed by atoms with Crippen molar-refractivity contribution in [3.8, 4) is 6.07 Å². The lowest BCUT2D eigenvalue weighted by Crippen LogP contribution is -2.26. The molecule has 0 aliphatic carbocycles. The molecule has 6 nitrogen and oxygen atoms in total. The van der Waals surface area contributed by atoms with E-state index in [-0.39, 0.29) is 29.4 Å². The molecule has 1 aromatic rings. The third-order valence-corrected chi connectivity index (χ3v) is 3.94. The van der Waals surface area contributed by atoms with Crippen molar-refractivity contribution >= 4 is 17.3 Å². The largest absolute Gasteiger partial charge is 0.466 e. The Morgan fingerprint density at radius 2 is 2.33 bits per heavy atom. The van der Waals surface area contributed by atoms with Crippen molar-refractivity contribution in [2.45, 2.75) is 5.92 Å². The van der Waals surface area contributed by atoms with Crippen LogP contribution in [0.1, 0.15) is 10.8 Å². The van der Waals surface area contributed by atoms with Gasteiger partial charge in [-0.3, -0.25) is 0 Å². The molecule has 1 aliphatic rings. The normalized spacial score (nSPS) is 18.2. The molecule has 0 unspecified atom stereocenters. The Hall–Kier alpha value is -2.30. The summed E-state index contributed by atoms with van der Waals surface area (Å²) in [6, 6.07) is 5.69. The van der Waals surface area contributed by atoms with Gasteiger partial charge in [-0.25, -0.2) is 4.79 Å². The first-order chi connectivity index (χ1) is 10.1. The molecule has 2 rings (SSSR count). The molecule has 0 saturated carbocycles. The lowest BCUT2D eigenvalue weighted by atomic mass is 9.87. The van der Waals surface area contributed by atoms with E-state index in [1.807, 2.05) is 23.6 Å². The molecular formula is C14H14N2O4S. The van der Waals surface area contributed by atoms with Crippen LogP contribution in [0.4, 0.5) is 0 Å². The van der Waals surface area contributed by atoms with Crippen LogP contribution < -0.4 is 5.73 Å². The van der Waals surface area contributed by atoms with E-state index in [1.54, 1.807) is 0 Å². The molecule has 1 atom stereocenters. The first-order valence-corrected chi connectivity index (χ1v) is 6.93. The number of ether oxygens (including phenoxy) is 3. The quantitative estimate of drug-likeness (QED) is 0.850. The fraction of sp³-hybridized carbons (Fsp3) is 0.286. The van der Waals surface area contributed by atoms with Gasteiger partial charge in [0.2, 0.25) is 5.88 Å². The molecule has 0 fully saturated rings. The number of hydrogen-bond acceptors (Lipinski definition) is 7. The molecule has 0 bridgehead atoms. The van der Waals surface area contributed by atoms with Gasteiger partial charge in [0.05, 0.1) is 18.6 Å². The van der Waals surface area contributed by atoms with E-state index in [2.05, 4.69) is 0 Å². The summed E-state index contributed by atoms with van der Waals surface area (Å²) < 4.78 is 15.3. The monoisotopic (exact) mass is 306 g/mol. The van der Waals surface area contributed by atoms with Crippen LogP contribution in [0.15, 0.2) is 40.3 Å². The van der Waals surface area contributed by atoms with Gasteiger partial charge in [0, 0.05) is 12.0 Å². The Kier molecular flexibility index (Phi) is 4.62. The number of carbonyl (C=O) groups excluding carboxylic acids is 1. The third-order valence-electron chi connectivity index (χ3n) is 3.01. The van der Waals surface area contributed by atoms with E-state index in [9.17, 15) is 10.1 Å². The maximum Gasteiger partial charge on any atom is 0.338 e. The van der Waals surface area contributed by atoms with Crippen molar-refractivity contribution in [2.75, 3.05) is 20.8 Å². The van der Waals surface area contributed by atoms with Gasteiger partial charge in [0.25, 0.3) is 0 Å². The Labute approximate surface area is 126 Å². The molecule has 0 radical (unpaired) electrons. The predicted octanol–water partition coefficient (Wildman–Crippen LogP) is 1.63. The van der Waals surface area contributed by atoms with Crippen LogP contribution in [0, 0.1) is 11.3 Å². The van der Waals surface area contributed by atoms with Crippen LogP contribution in [0.25, 0.3) is 0 Å². The Balaban J connectivity index is 2.62. The number of carbonyl (C=O) groups is 1. The van der Waals surface area contributed by atoms with Gasteiger partial charge >= 0.3 is 5.97 Å². The summed E-state index contributed by atoms with van der Waals surface area (Å²) in [6.07, 6.45) is 0. The minimum absolute atomic E-state index is 0.0180. The van der Waals surface area contributed by atoms with E-state index in [0.29, 0.717) is 0 Å². The van der Waals surface area contributed by atoms with Crippen LogP contribution in [0.5, 0.6) is 0 Å². The Bertz CT molecular complexity index is 640. The van der Waals surface area contributed by atoms with E-state index >= 15 is 0 Å². The number of rotatable bonds is 4. The van der Waals surface area contributed by atoms with Crippen molar-refractivity contribution in [1.29, 1.82) is 5.26 Å². The van der Waals surface area contributed by atoms with Crippen molar-refractivity contribution in [3.63, 3.8) is 0 Å². The number of nitriles is 1. The molecule has 7 heteroatoms. The van der Waals surface area contributed by atoms with Crippen LogP contribution in [0.3, 0.4) is 0 Å². The van der Waals surface area contributed by atoms with Crippen molar-refractivity contribution in [3.05, 3.63) is 45.2 Å². The second kappa shape index (κ2) is 6.43. The molecule has 21 heavy (non-hydrogen) atoms. The lowest BCUT2D eigenvalue weighted by Gasteiger charge is -2.26. The predicted molar refractivity (Wildman–Crippen MR) is 75.9 cm³/mol. The zero-order valence-corrected chi connectivity index (χ0v) is 12.4. The molecule has 0 amide bonds. The first-order valence-electron chi connectivity index (χ1n) is 6.05. The van der Waals surface area contributed by atoms with Gasteiger partial charge in [-0.2, -0.15) is 5.26 Å². The number of nitrogens with zero attached hydrogens (tertiary/aromatic N) is 1. The summed E-state index contributed by atoms with van der Waals surface area (Å²) in [7, 11) is 2.75. The second-order valence-corrected chi connectivity index (χ2v) is 5.18. The van der Waals surface area contributed by atoms with Crippen molar-refractivity contribution < 1.29 is 19.0 Å². The van der Waals surface area contributed by atoms with Gasteiger partial charge in [0.1, 0.15) is 24.0 Å². The lowest BCUT2D eigenvalue weighted by molar-refractivity contribution is -0.136. The van der Waals surface area contributed by atoms with E-state index in [0.717, 1.165) is 4.88 Å². The Morgan fingerprint density at radius 3 is 2.86 bits per heavy atom. The summed E-state index contributed by atoms with van der Waals surface area (Å²) in [5.41, 5.74) is 6.24. The molecule has 0 spiro atoms. The van der Waals surface area contributed by atoms with Crippen LogP contribution >= 0.6 is 11.3 Å². The van der Waals surface area contributed by atoms with Crippen LogP contribution in [-0.4, -0.2) is 26.8 Å². The molecule has 2 N–H and O–H groups in total. The van der Waals surface area contributed by atoms with Gasteiger partial charge in [-0.1, -0.05) is 6.07 Å². The topological polar surface area (TPSA) is 94.6 Å². The second-order valence-electron chi connectivity index (χ2n) is 4.20. The van der Waals surface area contributed by atoms with Gasteiger partial charge in [0.15, 0.2) is 0 Å². The van der Waals surface area contributed by atoms with E-state index < -0.39 is 11.9 Å². The minimum Gasteiger partial charge on any atom is -0.466 e. The first kappa shape index (κ1) is 15.1. The highest BCUT2D eigenvalue weighted by molar-refractivity contribution is 7.10. The van der Waals surface area contributed by atoms with E-state index in [4.69, 9.17) is 19.9 Å². The van der Waals surface area contributed by atoms with Crippen LogP contribution in [-0.2, 0) is 19.0 Å². The smallest absolute Gasteiger partial charge is 0.338 e. The Morgan fingerprint density at radius 1 is 1.57 bits per heavy atom. The summed E-state index contributed by atoms with van der Waals surface area (Å²) >= 11 is 1.42. The maximum atomic E-state index is 12.1. The summed E-state index contributed by atoms with van der Waals surface area (Å²) in [4.78, 5) is 13.0. The highest BCUT2D eigenvalue weighted by atomic mass is 32.1. The number of hydrogen-bond donors (Lipinski definition) is 1. The van der Waals surface area contributed by atoms with Gasteiger partial charge in [-0.05, 0) is 11.4 Å². The van der Waals surface area contributed by atoms with Crippen molar-refractivity contribution in [1.82, 2.24) is 0 Å². The zero-order valence-electron chi connectivity index (χ0n) is 11.6. The average Bonchev–Trinajstić information content (AvgIpc) is 3.00. The summed E-state index contributed by atoms with van der Waals surface area (Å²) in [5.74, 6) is -0.920. The fourth-order valence-electron chi connectivity index (χ4n) is 2.13. The highest BCUT2D eigenvalue weighted by Crippen LogP contribution is 2.41. The number of methoxy groups -OCH3 is 2. The highest BCUT2D eigenvalue weighted by Gasteiger charge is 2.37. The SMILES string of the molecule is COCC1=C(C(=O)OC)[C@H](c2cccs2)C(C#N)=C(N)O1. The maximum absolute atomic E-state index is 12.1. The zero-order chi connectivity index (χ0) is 15.4. The average molecular weight is 306 g/mol. The standard InChI is InChI=1S/C14H14N2O4S/c1-18-7-9-12(14(17)19-2)11(10-4-3-5-21-10)8(6-15)13(16)20-9/h3-5,11H,7,16H2,1-2H3/t11-/m0/s1. The molecule has 1 aromatic heterocycles. The molecule has 0 saturated heterocycles. The molecule has 2 heterocycles. The van der Waals surface area contributed by atoms with E-state index in [1.165, 1.54) is 25.6 Å². The molecule has 1 aliphatic heterocycles. The molecule has 110 valence electrons. The van der Waals surface area contributed by atoms with Gasteiger partial charge < -0.3 is 19.9 Å². The van der Waals surface area contributed by atoms with Gasteiger partial charge in [-0.15, -0.1) is 11.3 Å². The number of esters is 1. The number of nitrogens with two attached hydrogens (primary N) is 1. The van der Waals surface area contributed by atoms with Crippen LogP contribution in [0.2, 0.25) is 0 Å². The minimum atomic E-state index is -0.596. The summed E-state index contributed by atoms with van der Waals surface area (Å²) in [6.45, 7) is 0.0612. The third kappa shape index (κ3) is 2.77. The number of thiophene rings is 1. The summed E-state index contributed by atoms with van der Waals surface area (Å²) in [5, 5.41) is 11.2. The molecule has 0 aromatic carbocycles. The molecular weight excluding hydrogens is 292 g/mol. The fourth-order valence-corrected chi connectivity index (χ4v) is 2.97.